The Labute approximate surface area is 138 Å². The van der Waals surface area contributed by atoms with E-state index >= 15 is 0 Å². The van der Waals surface area contributed by atoms with Crippen molar-refractivity contribution in [1.29, 1.82) is 0 Å². The van der Waals surface area contributed by atoms with Gasteiger partial charge < -0.3 is 4.98 Å². The maximum Gasteiger partial charge on any atom is 0.184 e. The van der Waals surface area contributed by atoms with Gasteiger partial charge in [0.1, 0.15) is 11.3 Å². The van der Waals surface area contributed by atoms with E-state index in [-0.39, 0.29) is 5.02 Å². The number of rotatable bonds is 2. The highest BCUT2D eigenvalue weighted by atomic mass is 79.9. The van der Waals surface area contributed by atoms with Crippen LogP contribution in [0.4, 0.5) is 4.39 Å². The number of benzene rings is 1. The first-order valence-corrected chi connectivity index (χ1v) is 7.85. The highest BCUT2D eigenvalue weighted by Crippen LogP contribution is 2.33. The van der Waals surface area contributed by atoms with E-state index in [1.165, 1.54) is 12.1 Å². The zero-order valence-electron chi connectivity index (χ0n) is 11.2. The first-order chi connectivity index (χ1) is 9.93. The highest BCUT2D eigenvalue weighted by Gasteiger charge is 2.19. The summed E-state index contributed by atoms with van der Waals surface area (Å²) in [5.41, 5.74) is 3.12. The van der Waals surface area contributed by atoms with E-state index in [9.17, 15) is 4.39 Å². The summed E-state index contributed by atoms with van der Waals surface area (Å²) in [6.07, 6.45) is 0. The molecule has 2 heterocycles. The molecule has 0 unspecified atom stereocenters. The zero-order valence-corrected chi connectivity index (χ0v) is 14.4. The third-order valence-corrected chi connectivity index (χ3v) is 4.43. The Morgan fingerprint density at radius 1 is 1.48 bits per heavy atom. The normalized spacial score (nSPS) is 11.5. The molecule has 2 aromatic heterocycles. The maximum absolute atomic E-state index is 13.4. The van der Waals surface area contributed by atoms with Gasteiger partial charge >= 0.3 is 0 Å². The number of halogens is 3. The van der Waals surface area contributed by atoms with Crippen LogP contribution in [0.5, 0.6) is 0 Å². The number of hydrogen-bond acceptors (Lipinski definition) is 2. The molecule has 110 valence electrons. The van der Waals surface area contributed by atoms with Crippen molar-refractivity contribution in [3.8, 4) is 5.69 Å². The number of hydrogen-bond donors (Lipinski definition) is 1. The Balaban J connectivity index is 2.46. The summed E-state index contributed by atoms with van der Waals surface area (Å²) in [6, 6.07) is 2.63. The second kappa shape index (κ2) is 5.23. The molecule has 3 aromatic rings. The molecule has 3 rings (SSSR count). The quantitative estimate of drug-likeness (QED) is 0.641. The number of nitrogens with zero attached hydrogens (tertiary/aromatic N) is 3. The van der Waals surface area contributed by atoms with Gasteiger partial charge in [-0.15, -0.1) is 0 Å². The van der Waals surface area contributed by atoms with Crippen molar-refractivity contribution in [3.05, 3.63) is 37.9 Å². The van der Waals surface area contributed by atoms with Gasteiger partial charge in [-0.05, 0) is 54.1 Å². The van der Waals surface area contributed by atoms with E-state index in [0.29, 0.717) is 21.5 Å². The van der Waals surface area contributed by atoms with Crippen LogP contribution >= 0.6 is 39.7 Å². The van der Waals surface area contributed by atoms with E-state index < -0.39 is 5.82 Å². The van der Waals surface area contributed by atoms with Gasteiger partial charge in [-0.1, -0.05) is 11.6 Å². The molecule has 8 heteroatoms. The maximum atomic E-state index is 13.4. The minimum atomic E-state index is -0.408. The molecule has 0 saturated carbocycles. The Morgan fingerprint density at radius 3 is 2.81 bits per heavy atom. The third kappa shape index (κ3) is 2.23. The van der Waals surface area contributed by atoms with Gasteiger partial charge in [0.05, 0.1) is 16.4 Å². The molecule has 0 aliphatic rings. The SMILES string of the molecule is CCn1nc(C)c2[nH]c(=S)n(-c3c(Cl)cc(F)cc3Br)c21. The molecule has 0 aliphatic heterocycles. The van der Waals surface area contributed by atoms with Crippen molar-refractivity contribution >= 4 is 50.9 Å². The van der Waals surface area contributed by atoms with Crippen LogP contribution < -0.4 is 0 Å². The molecule has 0 radical (unpaired) electrons. The van der Waals surface area contributed by atoms with Gasteiger partial charge in [0.25, 0.3) is 0 Å². The summed E-state index contributed by atoms with van der Waals surface area (Å²) < 4.78 is 18.1. The molecule has 0 saturated heterocycles. The van der Waals surface area contributed by atoms with Gasteiger partial charge in [0, 0.05) is 11.0 Å². The lowest BCUT2D eigenvalue weighted by molar-refractivity contribution is 0.626. The lowest BCUT2D eigenvalue weighted by Crippen LogP contribution is -2.05. The summed E-state index contributed by atoms with van der Waals surface area (Å²) in [7, 11) is 0. The van der Waals surface area contributed by atoms with Crippen LogP contribution in [0, 0.1) is 17.5 Å². The Morgan fingerprint density at radius 2 is 2.19 bits per heavy atom. The minimum Gasteiger partial charge on any atom is -0.327 e. The third-order valence-electron chi connectivity index (χ3n) is 3.25. The van der Waals surface area contributed by atoms with Crippen LogP contribution in [-0.2, 0) is 6.54 Å². The molecule has 0 atom stereocenters. The molecule has 1 N–H and O–H groups in total. The van der Waals surface area contributed by atoms with E-state index in [1.807, 2.05) is 18.5 Å². The largest absolute Gasteiger partial charge is 0.327 e. The number of aromatic amines is 1. The van der Waals surface area contributed by atoms with Crippen molar-refractivity contribution in [2.24, 2.45) is 0 Å². The Kier molecular flexibility index (Phi) is 3.67. The van der Waals surface area contributed by atoms with Crippen molar-refractivity contribution in [1.82, 2.24) is 19.3 Å². The summed E-state index contributed by atoms with van der Waals surface area (Å²) in [5.74, 6) is -0.408. The minimum absolute atomic E-state index is 0.278. The predicted molar refractivity (Wildman–Crippen MR) is 87.3 cm³/mol. The monoisotopic (exact) mass is 388 g/mol. The number of aryl methyl sites for hydroxylation is 2. The second-order valence-electron chi connectivity index (χ2n) is 4.58. The summed E-state index contributed by atoms with van der Waals surface area (Å²) in [4.78, 5) is 3.14. The van der Waals surface area contributed by atoms with Gasteiger partial charge in [-0.3, -0.25) is 4.57 Å². The lowest BCUT2D eigenvalue weighted by atomic mass is 10.3. The van der Waals surface area contributed by atoms with Gasteiger partial charge in [0.2, 0.25) is 0 Å². The molecule has 1 aromatic carbocycles. The van der Waals surface area contributed by atoms with Crippen molar-refractivity contribution < 1.29 is 4.39 Å². The van der Waals surface area contributed by atoms with E-state index in [0.717, 1.165) is 16.9 Å². The molecule has 0 aliphatic carbocycles. The Hall–Kier alpha value is -1.18. The lowest BCUT2D eigenvalue weighted by Gasteiger charge is -2.10. The van der Waals surface area contributed by atoms with E-state index in [4.69, 9.17) is 23.8 Å². The number of H-pyrrole nitrogens is 1. The fraction of sp³-hybridized carbons (Fsp3) is 0.231. The standard InChI is InChI=1S/C13H11BrClFN4S/c1-3-19-12-10(6(2)18-19)17-13(21)20(12)11-8(14)4-7(16)5-9(11)15/h4-5H,3H2,1-2H3,(H,17,21). The number of fused-ring (bicyclic) bond motifs is 1. The van der Waals surface area contributed by atoms with E-state index in [1.54, 1.807) is 4.57 Å². The van der Waals surface area contributed by atoms with Crippen molar-refractivity contribution in [2.45, 2.75) is 20.4 Å². The smallest absolute Gasteiger partial charge is 0.184 e. The fourth-order valence-electron chi connectivity index (χ4n) is 2.38. The van der Waals surface area contributed by atoms with Crippen LogP contribution in [-0.4, -0.2) is 19.3 Å². The van der Waals surface area contributed by atoms with Crippen LogP contribution in [0.3, 0.4) is 0 Å². The highest BCUT2D eigenvalue weighted by molar-refractivity contribution is 9.10. The van der Waals surface area contributed by atoms with Crippen molar-refractivity contribution in [3.63, 3.8) is 0 Å². The van der Waals surface area contributed by atoms with Crippen molar-refractivity contribution in [2.75, 3.05) is 0 Å². The molecular formula is C13H11BrClFN4S. The fourth-order valence-corrected chi connectivity index (χ4v) is 3.67. The molecule has 0 bridgehead atoms. The molecule has 21 heavy (non-hydrogen) atoms. The average molecular weight is 390 g/mol. The zero-order chi connectivity index (χ0) is 15.3. The molecule has 0 spiro atoms. The van der Waals surface area contributed by atoms with Crippen LogP contribution in [0.15, 0.2) is 16.6 Å². The van der Waals surface area contributed by atoms with Gasteiger partial charge in [-0.2, -0.15) is 5.10 Å². The Bertz CT molecular complexity index is 888. The first kappa shape index (κ1) is 14.7. The molecule has 0 fully saturated rings. The van der Waals surface area contributed by atoms with Crippen LogP contribution in [0.1, 0.15) is 12.6 Å². The van der Waals surface area contributed by atoms with E-state index in [2.05, 4.69) is 26.0 Å². The van der Waals surface area contributed by atoms with Crippen LogP contribution in [0.25, 0.3) is 16.9 Å². The molecule has 0 amide bonds. The second-order valence-corrected chi connectivity index (χ2v) is 6.23. The predicted octanol–water partition coefficient (Wildman–Crippen LogP) is 4.77. The summed E-state index contributed by atoms with van der Waals surface area (Å²) in [5, 5.41) is 4.74. The summed E-state index contributed by atoms with van der Waals surface area (Å²) >= 11 is 15.0. The van der Waals surface area contributed by atoms with Gasteiger partial charge in [0.15, 0.2) is 10.4 Å². The molecule has 4 nitrogen and oxygen atoms in total. The first-order valence-electron chi connectivity index (χ1n) is 6.27. The number of aromatic nitrogens is 4. The summed E-state index contributed by atoms with van der Waals surface area (Å²) in [6.45, 7) is 4.59. The molecular weight excluding hydrogens is 379 g/mol. The topological polar surface area (TPSA) is 38.5 Å². The number of imidazole rings is 1. The van der Waals surface area contributed by atoms with Crippen LogP contribution in [0.2, 0.25) is 5.02 Å². The average Bonchev–Trinajstić information content (AvgIpc) is 2.87. The van der Waals surface area contributed by atoms with Gasteiger partial charge in [-0.25, -0.2) is 9.07 Å². The number of nitrogens with one attached hydrogen (secondary N) is 1.